The highest BCUT2D eigenvalue weighted by Crippen LogP contribution is 2.88. The predicted octanol–water partition coefficient (Wildman–Crippen LogP) is 7.63. The molecule has 46 heavy (non-hydrogen) atoms. The molecule has 15 aliphatic rings. The SMILES string of the molecule is COC1C2C3N=C[C@]4(C)CCC[C@]35[C@@H]3C[C@H]1[C@]1(CC[C@]67C8C[C@@]9(CCC%10=C(C[C@H]%11CN(C)C[C@]%10(C)C%11)C9=C[C@H]86)[C@@H]7O1)C[C@]23CC[C@@H]54. The van der Waals surface area contributed by atoms with E-state index in [1.807, 2.05) is 16.7 Å². The Morgan fingerprint density at radius 1 is 1.00 bits per heavy atom. The van der Waals surface area contributed by atoms with Crippen molar-refractivity contribution in [1.29, 1.82) is 0 Å². The molecule has 4 unspecified atom stereocenters. The molecule has 0 radical (unpaired) electrons. The number of nitrogens with zero attached hydrogens (tertiary/aromatic N) is 2. The molecule has 2 saturated heterocycles. The summed E-state index contributed by atoms with van der Waals surface area (Å²) in [6.07, 6.45) is 25.6. The van der Waals surface area contributed by atoms with E-state index in [0.29, 0.717) is 62.6 Å². The van der Waals surface area contributed by atoms with E-state index in [-0.39, 0.29) is 5.60 Å². The minimum Gasteiger partial charge on any atom is -0.381 e. The summed E-state index contributed by atoms with van der Waals surface area (Å²) < 4.78 is 15.0. The first-order valence-electron chi connectivity index (χ1n) is 20.1. The fraction of sp³-hybridized carbons (Fsp3) is 0.881. The van der Waals surface area contributed by atoms with Gasteiger partial charge in [0.15, 0.2) is 0 Å². The van der Waals surface area contributed by atoms with Crippen LogP contribution in [0.25, 0.3) is 0 Å². The second-order valence-corrected chi connectivity index (χ2v) is 21.1. The van der Waals surface area contributed by atoms with E-state index >= 15 is 0 Å². The van der Waals surface area contributed by atoms with Gasteiger partial charge in [-0.2, -0.15) is 0 Å². The lowest BCUT2D eigenvalue weighted by atomic mass is 9.38. The minimum absolute atomic E-state index is 0.0339. The van der Waals surface area contributed by atoms with Crippen LogP contribution in [-0.2, 0) is 9.47 Å². The molecule has 3 aliphatic heterocycles. The molecule has 12 bridgehead atoms. The summed E-state index contributed by atoms with van der Waals surface area (Å²) in [5.41, 5.74) is 7.95. The lowest BCUT2D eigenvalue weighted by Crippen LogP contribution is -2.70. The highest BCUT2D eigenvalue weighted by molar-refractivity contribution is 5.69. The molecule has 12 aliphatic carbocycles. The molecule has 8 saturated carbocycles. The zero-order valence-corrected chi connectivity index (χ0v) is 29.0. The first-order chi connectivity index (χ1) is 22.2. The highest BCUT2D eigenvalue weighted by atomic mass is 16.5. The van der Waals surface area contributed by atoms with Crippen LogP contribution in [-0.4, -0.2) is 62.2 Å². The lowest BCUT2D eigenvalue weighted by Gasteiger charge is -2.70. The fourth-order valence-corrected chi connectivity index (χ4v) is 19.4. The summed E-state index contributed by atoms with van der Waals surface area (Å²) in [4.78, 5) is 8.28. The molecule has 0 aromatic carbocycles. The van der Waals surface area contributed by atoms with Crippen molar-refractivity contribution in [3.63, 3.8) is 0 Å². The van der Waals surface area contributed by atoms with Crippen molar-refractivity contribution in [3.8, 4) is 0 Å². The van der Waals surface area contributed by atoms with Crippen LogP contribution in [0.2, 0.25) is 0 Å². The number of fused-ring (bicyclic) bond motifs is 3. The van der Waals surface area contributed by atoms with Gasteiger partial charge < -0.3 is 14.4 Å². The highest BCUT2D eigenvalue weighted by Gasteiger charge is 2.87. The lowest BCUT2D eigenvalue weighted by molar-refractivity contribution is -0.308. The summed E-state index contributed by atoms with van der Waals surface area (Å²) in [6, 6.07) is 0.513. The molecule has 5 spiro atoms. The quantitative estimate of drug-likeness (QED) is 0.302. The van der Waals surface area contributed by atoms with Crippen molar-refractivity contribution < 1.29 is 9.47 Å². The second kappa shape index (κ2) is 7.53. The van der Waals surface area contributed by atoms with Gasteiger partial charge >= 0.3 is 0 Å². The molecular formula is C42H56N2O2. The van der Waals surface area contributed by atoms with E-state index in [2.05, 4.69) is 45.2 Å². The average molecular weight is 621 g/mol. The number of methoxy groups -OCH3 is 1. The Balaban J connectivity index is 0.914. The standard InChI is InChI=1S/C42H56N2O2/c1-36-8-5-9-42-30(36)7-11-39-20-40(28(16-31(39)42)33(45-4)32(39)34(42)43-21-36)12-13-41-27-15-26-24-14-23-17-37(2,22-44(3)19-23)25(24)6-10-38(26,18-29(27)41)35(41)46-40/h15,21,23,27-35H,5-14,16-20,22H2,1-4H3/t23-,27-,28-,29?,30-,31-,32?,33?,34?,35+,36+,37+,38-,39+,40+,41-,42+/m1/s1. The molecule has 0 aromatic heterocycles. The molecule has 15 rings (SSSR count). The van der Waals surface area contributed by atoms with Crippen LogP contribution < -0.4 is 0 Å². The Kier molecular flexibility index (Phi) is 4.40. The Morgan fingerprint density at radius 2 is 1.91 bits per heavy atom. The zero-order valence-electron chi connectivity index (χ0n) is 29.0. The van der Waals surface area contributed by atoms with Gasteiger partial charge in [-0.3, -0.25) is 4.99 Å². The van der Waals surface area contributed by atoms with Crippen LogP contribution in [0, 0.1) is 73.9 Å². The number of allylic oxidation sites excluding steroid dienone is 2. The third-order valence-electron chi connectivity index (χ3n) is 20.0. The minimum atomic E-state index is 0.0339. The van der Waals surface area contributed by atoms with Crippen molar-refractivity contribution in [1.82, 2.24) is 4.90 Å². The number of aliphatic imine (C=N–C) groups is 1. The molecule has 17 atom stereocenters. The van der Waals surface area contributed by atoms with Crippen LogP contribution in [0.1, 0.15) is 104 Å². The van der Waals surface area contributed by atoms with Crippen LogP contribution in [0.15, 0.2) is 27.8 Å². The molecule has 10 fully saturated rings. The fourth-order valence-electron chi connectivity index (χ4n) is 19.4. The number of ether oxygens (including phenoxy) is 2. The summed E-state index contributed by atoms with van der Waals surface area (Å²) in [6.45, 7) is 7.77. The van der Waals surface area contributed by atoms with Crippen LogP contribution in [0.4, 0.5) is 0 Å². The number of hydrogen-bond donors (Lipinski definition) is 0. The number of likely N-dealkylation sites (tertiary alicyclic amines) is 1. The molecule has 3 heterocycles. The van der Waals surface area contributed by atoms with Crippen molar-refractivity contribution in [3.05, 3.63) is 22.8 Å². The molecule has 4 heteroatoms. The maximum Gasteiger partial charge on any atom is 0.0745 e. The Labute approximate surface area is 276 Å². The van der Waals surface area contributed by atoms with Gasteiger partial charge in [-0.1, -0.05) is 31.9 Å². The van der Waals surface area contributed by atoms with Crippen molar-refractivity contribution >= 4 is 6.21 Å². The number of piperidine rings is 1. The normalized spacial score (nSPS) is 66.7. The van der Waals surface area contributed by atoms with Gasteiger partial charge in [-0.15, -0.1) is 0 Å². The van der Waals surface area contributed by atoms with E-state index in [4.69, 9.17) is 14.5 Å². The van der Waals surface area contributed by atoms with E-state index in [0.717, 1.165) is 29.6 Å². The zero-order chi connectivity index (χ0) is 30.4. The smallest absolute Gasteiger partial charge is 0.0745 e. The second-order valence-electron chi connectivity index (χ2n) is 21.1. The van der Waals surface area contributed by atoms with Crippen LogP contribution in [0.5, 0.6) is 0 Å². The molecule has 4 nitrogen and oxygen atoms in total. The van der Waals surface area contributed by atoms with Gasteiger partial charge in [0.05, 0.1) is 23.9 Å². The molecular weight excluding hydrogens is 564 g/mol. The van der Waals surface area contributed by atoms with Gasteiger partial charge in [0.25, 0.3) is 0 Å². The Morgan fingerprint density at radius 3 is 2.80 bits per heavy atom. The van der Waals surface area contributed by atoms with Gasteiger partial charge in [0.1, 0.15) is 0 Å². The van der Waals surface area contributed by atoms with Crippen molar-refractivity contribution in [2.24, 2.45) is 78.9 Å². The Hall–Kier alpha value is -0.970. The predicted molar refractivity (Wildman–Crippen MR) is 178 cm³/mol. The van der Waals surface area contributed by atoms with Crippen molar-refractivity contribution in [2.45, 2.75) is 128 Å². The van der Waals surface area contributed by atoms with E-state index in [1.54, 1.807) is 0 Å². The first kappa shape index (κ1) is 26.8. The van der Waals surface area contributed by atoms with Gasteiger partial charge in [0, 0.05) is 65.3 Å². The topological polar surface area (TPSA) is 34.1 Å². The van der Waals surface area contributed by atoms with E-state index in [1.165, 1.54) is 103 Å². The third-order valence-corrected chi connectivity index (χ3v) is 20.0. The monoisotopic (exact) mass is 620 g/mol. The first-order valence-corrected chi connectivity index (χ1v) is 20.1. The molecule has 0 aromatic rings. The van der Waals surface area contributed by atoms with Crippen LogP contribution in [0.3, 0.4) is 0 Å². The maximum absolute atomic E-state index is 8.21. The summed E-state index contributed by atoms with van der Waals surface area (Å²) in [5, 5.41) is 0. The molecule has 0 amide bonds. The van der Waals surface area contributed by atoms with E-state index in [9.17, 15) is 0 Å². The summed E-state index contributed by atoms with van der Waals surface area (Å²) in [5.74, 6) is 5.45. The molecule has 0 N–H and O–H groups in total. The third kappa shape index (κ3) is 2.45. The molecule has 246 valence electrons. The average Bonchev–Trinajstić information content (AvgIpc) is 3.54. The van der Waals surface area contributed by atoms with Gasteiger partial charge in [-0.25, -0.2) is 0 Å². The maximum atomic E-state index is 8.21. The van der Waals surface area contributed by atoms with Crippen molar-refractivity contribution in [2.75, 3.05) is 27.2 Å². The Bertz CT molecular complexity index is 1610. The summed E-state index contributed by atoms with van der Waals surface area (Å²) >= 11 is 0. The van der Waals surface area contributed by atoms with Crippen LogP contribution >= 0.6 is 0 Å². The number of hydrogen-bond acceptors (Lipinski definition) is 4. The van der Waals surface area contributed by atoms with Gasteiger partial charge in [0.2, 0.25) is 0 Å². The van der Waals surface area contributed by atoms with Gasteiger partial charge in [-0.05, 0) is 137 Å². The van der Waals surface area contributed by atoms with E-state index < -0.39 is 0 Å². The number of rotatable bonds is 1. The summed E-state index contributed by atoms with van der Waals surface area (Å²) in [7, 11) is 4.45. The largest absolute Gasteiger partial charge is 0.381 e.